The second kappa shape index (κ2) is 5.24. The van der Waals surface area contributed by atoms with Crippen LogP contribution in [0, 0.1) is 0 Å². The quantitative estimate of drug-likeness (QED) is 0.913. The van der Waals surface area contributed by atoms with Crippen LogP contribution in [0.25, 0.3) is 0 Å². The molecule has 1 aliphatic heterocycles. The van der Waals surface area contributed by atoms with E-state index in [9.17, 15) is 0 Å². The zero-order valence-corrected chi connectivity index (χ0v) is 10.5. The smallest absolute Gasteiger partial charge is 0.216 e. The molecule has 19 heavy (non-hydrogen) atoms. The number of nitrogens with zero attached hydrogens (tertiary/aromatic N) is 1. The van der Waals surface area contributed by atoms with Crippen LogP contribution in [0.15, 0.2) is 59.6 Å². The fourth-order valence-corrected chi connectivity index (χ4v) is 2.18. The SMILES string of the molecule is OCc1cccc(C2=N[C@H](c3ccccc3)CO2)c1. The number of hydrogen-bond donors (Lipinski definition) is 1. The lowest BCUT2D eigenvalue weighted by molar-refractivity contribution is 0.281. The summed E-state index contributed by atoms with van der Waals surface area (Å²) in [7, 11) is 0. The number of aliphatic hydroxyl groups is 1. The van der Waals surface area contributed by atoms with E-state index in [2.05, 4.69) is 17.1 Å². The molecule has 0 amide bonds. The van der Waals surface area contributed by atoms with Crippen LogP contribution in [0.3, 0.4) is 0 Å². The maximum atomic E-state index is 9.15. The predicted molar refractivity (Wildman–Crippen MR) is 74.0 cm³/mol. The Hall–Kier alpha value is -2.13. The highest BCUT2D eigenvalue weighted by Crippen LogP contribution is 2.25. The summed E-state index contributed by atoms with van der Waals surface area (Å²) in [6.07, 6.45) is 0. The molecule has 2 aromatic carbocycles. The molecule has 1 heterocycles. The van der Waals surface area contributed by atoms with E-state index < -0.39 is 0 Å². The van der Waals surface area contributed by atoms with E-state index in [4.69, 9.17) is 9.84 Å². The zero-order chi connectivity index (χ0) is 13.1. The molecule has 0 aromatic heterocycles. The first kappa shape index (κ1) is 11.9. The van der Waals surface area contributed by atoms with Gasteiger partial charge in [0, 0.05) is 5.56 Å². The van der Waals surface area contributed by atoms with Crippen molar-refractivity contribution >= 4 is 5.90 Å². The molecule has 0 saturated carbocycles. The predicted octanol–water partition coefficient (Wildman–Crippen LogP) is 2.70. The van der Waals surface area contributed by atoms with Gasteiger partial charge < -0.3 is 9.84 Å². The third-order valence-corrected chi connectivity index (χ3v) is 3.19. The highest BCUT2D eigenvalue weighted by molar-refractivity contribution is 5.95. The molecule has 96 valence electrons. The summed E-state index contributed by atoms with van der Waals surface area (Å²) in [6, 6.07) is 17.8. The lowest BCUT2D eigenvalue weighted by Gasteiger charge is -2.03. The van der Waals surface area contributed by atoms with E-state index in [-0.39, 0.29) is 12.6 Å². The molecule has 0 unspecified atom stereocenters. The third-order valence-electron chi connectivity index (χ3n) is 3.19. The van der Waals surface area contributed by atoms with E-state index in [1.54, 1.807) is 0 Å². The van der Waals surface area contributed by atoms with Crippen LogP contribution >= 0.6 is 0 Å². The van der Waals surface area contributed by atoms with Crippen molar-refractivity contribution in [1.82, 2.24) is 0 Å². The second-order valence-electron chi connectivity index (χ2n) is 4.53. The number of hydrogen-bond acceptors (Lipinski definition) is 3. The number of benzene rings is 2. The first-order chi connectivity index (χ1) is 9.36. The van der Waals surface area contributed by atoms with Gasteiger partial charge in [0.15, 0.2) is 0 Å². The second-order valence-corrected chi connectivity index (χ2v) is 4.53. The largest absolute Gasteiger partial charge is 0.475 e. The van der Waals surface area contributed by atoms with Crippen LogP contribution in [0.2, 0.25) is 0 Å². The molecule has 3 rings (SSSR count). The molecule has 0 bridgehead atoms. The van der Waals surface area contributed by atoms with Gasteiger partial charge in [-0.2, -0.15) is 0 Å². The van der Waals surface area contributed by atoms with Crippen molar-refractivity contribution in [2.45, 2.75) is 12.6 Å². The van der Waals surface area contributed by atoms with Gasteiger partial charge in [-0.15, -0.1) is 0 Å². The molecule has 0 saturated heterocycles. The maximum Gasteiger partial charge on any atom is 0.216 e. The fourth-order valence-electron chi connectivity index (χ4n) is 2.18. The Bertz CT molecular complexity index is 593. The highest BCUT2D eigenvalue weighted by atomic mass is 16.5. The maximum absolute atomic E-state index is 9.15. The van der Waals surface area contributed by atoms with Crippen LogP contribution in [-0.4, -0.2) is 17.6 Å². The molecule has 1 N–H and O–H groups in total. The van der Waals surface area contributed by atoms with Crippen LogP contribution in [-0.2, 0) is 11.3 Å². The average molecular weight is 253 g/mol. The summed E-state index contributed by atoms with van der Waals surface area (Å²) in [5, 5.41) is 9.15. The van der Waals surface area contributed by atoms with Crippen molar-refractivity contribution in [2.75, 3.05) is 6.61 Å². The molecule has 0 radical (unpaired) electrons. The van der Waals surface area contributed by atoms with Crippen molar-refractivity contribution in [1.29, 1.82) is 0 Å². The molecule has 2 aromatic rings. The van der Waals surface area contributed by atoms with Crippen molar-refractivity contribution in [3.63, 3.8) is 0 Å². The Morgan fingerprint density at radius 1 is 1.11 bits per heavy atom. The number of aliphatic imine (C=N–C) groups is 1. The molecule has 1 atom stereocenters. The lowest BCUT2D eigenvalue weighted by Crippen LogP contribution is -2.02. The van der Waals surface area contributed by atoms with Gasteiger partial charge in [-0.1, -0.05) is 42.5 Å². The molecule has 3 nitrogen and oxygen atoms in total. The van der Waals surface area contributed by atoms with Gasteiger partial charge in [0.25, 0.3) is 0 Å². The average Bonchev–Trinajstić information content (AvgIpc) is 2.98. The topological polar surface area (TPSA) is 41.8 Å². The minimum absolute atomic E-state index is 0.0310. The normalized spacial score (nSPS) is 17.9. The molecule has 1 aliphatic rings. The summed E-state index contributed by atoms with van der Waals surface area (Å²) >= 11 is 0. The van der Waals surface area contributed by atoms with E-state index in [0.717, 1.165) is 16.7 Å². The standard InChI is InChI=1S/C16H15NO2/c18-10-12-5-4-8-14(9-12)16-17-15(11-19-16)13-6-2-1-3-7-13/h1-9,15,18H,10-11H2/t15-/m0/s1. The van der Waals surface area contributed by atoms with Gasteiger partial charge in [-0.3, -0.25) is 0 Å². The Labute approximate surface area is 112 Å². The minimum Gasteiger partial charge on any atom is -0.475 e. The minimum atomic E-state index is 0.0310. The first-order valence-corrected chi connectivity index (χ1v) is 6.32. The van der Waals surface area contributed by atoms with Crippen LogP contribution in [0.1, 0.15) is 22.7 Å². The highest BCUT2D eigenvalue weighted by Gasteiger charge is 2.21. The summed E-state index contributed by atoms with van der Waals surface area (Å²) in [4.78, 5) is 4.62. The molecular weight excluding hydrogens is 238 g/mol. The van der Waals surface area contributed by atoms with Crippen molar-refractivity contribution in [3.05, 3.63) is 71.3 Å². The van der Waals surface area contributed by atoms with Crippen molar-refractivity contribution in [2.24, 2.45) is 4.99 Å². The fraction of sp³-hybridized carbons (Fsp3) is 0.188. The molecular formula is C16H15NO2. The first-order valence-electron chi connectivity index (χ1n) is 6.32. The van der Waals surface area contributed by atoms with Crippen LogP contribution in [0.4, 0.5) is 0 Å². The number of ether oxygens (including phenoxy) is 1. The van der Waals surface area contributed by atoms with Crippen molar-refractivity contribution < 1.29 is 9.84 Å². The van der Waals surface area contributed by atoms with E-state index in [0.29, 0.717) is 12.5 Å². The van der Waals surface area contributed by atoms with Crippen LogP contribution in [0.5, 0.6) is 0 Å². The molecule has 3 heteroatoms. The zero-order valence-electron chi connectivity index (χ0n) is 10.5. The number of rotatable bonds is 3. The summed E-state index contributed by atoms with van der Waals surface area (Å²) in [5.41, 5.74) is 2.95. The third kappa shape index (κ3) is 2.51. The van der Waals surface area contributed by atoms with Gasteiger partial charge in [-0.25, -0.2) is 4.99 Å². The Kier molecular flexibility index (Phi) is 3.29. The van der Waals surface area contributed by atoms with Gasteiger partial charge in [0.1, 0.15) is 12.6 Å². The van der Waals surface area contributed by atoms with Gasteiger partial charge in [0.05, 0.1) is 6.61 Å². The van der Waals surface area contributed by atoms with E-state index in [1.807, 2.05) is 42.5 Å². The Morgan fingerprint density at radius 2 is 1.95 bits per heavy atom. The summed E-state index contributed by atoms with van der Waals surface area (Å²) in [6.45, 7) is 0.603. The summed E-state index contributed by atoms with van der Waals surface area (Å²) < 4.78 is 5.67. The number of aliphatic hydroxyl groups excluding tert-OH is 1. The Balaban J connectivity index is 1.87. The van der Waals surface area contributed by atoms with E-state index >= 15 is 0 Å². The van der Waals surface area contributed by atoms with Gasteiger partial charge in [-0.05, 0) is 23.3 Å². The Morgan fingerprint density at radius 3 is 2.74 bits per heavy atom. The van der Waals surface area contributed by atoms with E-state index in [1.165, 1.54) is 0 Å². The summed E-state index contributed by atoms with van der Waals surface area (Å²) in [5.74, 6) is 0.657. The molecule has 0 fully saturated rings. The van der Waals surface area contributed by atoms with Gasteiger partial charge >= 0.3 is 0 Å². The van der Waals surface area contributed by atoms with Gasteiger partial charge in [0.2, 0.25) is 5.90 Å². The van der Waals surface area contributed by atoms with Crippen LogP contribution < -0.4 is 0 Å². The molecule has 0 spiro atoms. The lowest BCUT2D eigenvalue weighted by atomic mass is 10.1. The molecule has 0 aliphatic carbocycles. The van der Waals surface area contributed by atoms with Crippen molar-refractivity contribution in [3.8, 4) is 0 Å². The monoisotopic (exact) mass is 253 g/mol.